The fourth-order valence-corrected chi connectivity index (χ4v) is 2.52. The lowest BCUT2D eigenvalue weighted by Gasteiger charge is -2.13. The van der Waals surface area contributed by atoms with Crippen LogP contribution in [0.4, 0.5) is 17.1 Å². The number of nitrogens with two attached hydrogens (primary N) is 2. The summed E-state index contributed by atoms with van der Waals surface area (Å²) >= 11 is 0. The van der Waals surface area contributed by atoms with Gasteiger partial charge in [-0.3, -0.25) is 4.79 Å². The predicted octanol–water partition coefficient (Wildman–Crippen LogP) is 3.78. The van der Waals surface area contributed by atoms with Crippen LogP contribution in [0, 0.1) is 0 Å². The molecule has 1 amide bonds. The minimum absolute atomic E-state index is 0.218. The second-order valence-corrected chi connectivity index (χ2v) is 5.61. The summed E-state index contributed by atoms with van der Waals surface area (Å²) < 4.78 is 5.11. The van der Waals surface area contributed by atoms with E-state index in [2.05, 4.69) is 5.32 Å². The summed E-state index contributed by atoms with van der Waals surface area (Å²) in [6.07, 6.45) is 0. The molecule has 5 nitrogen and oxygen atoms in total. The summed E-state index contributed by atoms with van der Waals surface area (Å²) in [5.74, 6) is 0.480. The Labute approximate surface area is 146 Å². The second-order valence-electron chi connectivity index (χ2n) is 5.61. The summed E-state index contributed by atoms with van der Waals surface area (Å²) in [5.41, 5.74) is 15.9. The van der Waals surface area contributed by atoms with Gasteiger partial charge < -0.3 is 21.5 Å². The standard InChI is InChI=1S/C20H19N3O2/c1-25-17-9-4-14(5-10-17)20(24)23-19-12-16(22)8-11-18(19)13-2-6-15(21)7-3-13/h2-12H,21-22H2,1H3,(H,23,24). The van der Waals surface area contributed by atoms with Gasteiger partial charge in [-0.15, -0.1) is 0 Å². The van der Waals surface area contributed by atoms with E-state index in [0.717, 1.165) is 11.1 Å². The van der Waals surface area contributed by atoms with Crippen LogP contribution in [0.3, 0.4) is 0 Å². The molecular weight excluding hydrogens is 314 g/mol. The lowest BCUT2D eigenvalue weighted by atomic mass is 10.0. The quantitative estimate of drug-likeness (QED) is 0.634. The number of nitrogen functional groups attached to an aromatic ring is 2. The molecule has 0 aliphatic heterocycles. The van der Waals surface area contributed by atoms with Gasteiger partial charge in [0.2, 0.25) is 0 Å². The molecule has 0 fully saturated rings. The van der Waals surface area contributed by atoms with E-state index in [4.69, 9.17) is 16.2 Å². The molecule has 0 radical (unpaired) electrons. The zero-order valence-corrected chi connectivity index (χ0v) is 13.8. The first-order valence-corrected chi connectivity index (χ1v) is 7.77. The van der Waals surface area contributed by atoms with E-state index >= 15 is 0 Å². The molecule has 0 saturated carbocycles. The van der Waals surface area contributed by atoms with Gasteiger partial charge in [0.1, 0.15) is 5.75 Å². The maximum Gasteiger partial charge on any atom is 0.255 e. The van der Waals surface area contributed by atoms with Gasteiger partial charge >= 0.3 is 0 Å². The molecule has 0 heterocycles. The van der Waals surface area contributed by atoms with Crippen LogP contribution in [0.25, 0.3) is 11.1 Å². The Morgan fingerprint density at radius 3 is 2.16 bits per heavy atom. The maximum atomic E-state index is 12.5. The number of methoxy groups -OCH3 is 1. The van der Waals surface area contributed by atoms with Gasteiger partial charge in [-0.25, -0.2) is 0 Å². The van der Waals surface area contributed by atoms with Crippen molar-refractivity contribution in [2.45, 2.75) is 0 Å². The van der Waals surface area contributed by atoms with Crippen molar-refractivity contribution in [2.75, 3.05) is 23.9 Å². The molecular formula is C20H19N3O2. The summed E-state index contributed by atoms with van der Waals surface area (Å²) in [7, 11) is 1.58. The SMILES string of the molecule is COc1ccc(C(=O)Nc2cc(N)ccc2-c2ccc(N)cc2)cc1. The fourth-order valence-electron chi connectivity index (χ4n) is 2.52. The van der Waals surface area contributed by atoms with Crippen LogP contribution < -0.4 is 21.5 Å². The van der Waals surface area contributed by atoms with E-state index < -0.39 is 0 Å². The van der Waals surface area contributed by atoms with Crippen LogP contribution in [0.5, 0.6) is 5.75 Å². The molecule has 0 saturated heterocycles. The van der Waals surface area contributed by atoms with E-state index in [-0.39, 0.29) is 5.91 Å². The Hall–Kier alpha value is -3.47. The predicted molar refractivity (Wildman–Crippen MR) is 102 cm³/mol. The number of hydrogen-bond donors (Lipinski definition) is 3. The first-order chi connectivity index (χ1) is 12.1. The molecule has 126 valence electrons. The number of rotatable bonds is 4. The highest BCUT2D eigenvalue weighted by atomic mass is 16.5. The highest BCUT2D eigenvalue weighted by molar-refractivity contribution is 6.06. The lowest BCUT2D eigenvalue weighted by molar-refractivity contribution is 0.102. The number of carbonyl (C=O) groups excluding carboxylic acids is 1. The average Bonchev–Trinajstić information content (AvgIpc) is 2.63. The fraction of sp³-hybridized carbons (Fsp3) is 0.0500. The Morgan fingerprint density at radius 1 is 0.880 bits per heavy atom. The maximum absolute atomic E-state index is 12.5. The number of ether oxygens (including phenoxy) is 1. The minimum Gasteiger partial charge on any atom is -0.497 e. The van der Waals surface area contributed by atoms with Crippen LogP contribution in [0.2, 0.25) is 0 Å². The molecule has 0 aromatic heterocycles. The number of benzene rings is 3. The molecule has 5 N–H and O–H groups in total. The van der Waals surface area contributed by atoms with Crippen molar-refractivity contribution in [1.29, 1.82) is 0 Å². The van der Waals surface area contributed by atoms with Gasteiger partial charge in [0.15, 0.2) is 0 Å². The minimum atomic E-state index is -0.218. The summed E-state index contributed by atoms with van der Waals surface area (Å²) in [5, 5.41) is 2.93. The van der Waals surface area contributed by atoms with Crippen molar-refractivity contribution in [3.8, 4) is 16.9 Å². The van der Waals surface area contributed by atoms with E-state index in [1.54, 1.807) is 43.5 Å². The molecule has 0 unspecified atom stereocenters. The van der Waals surface area contributed by atoms with Crippen LogP contribution in [0.1, 0.15) is 10.4 Å². The van der Waals surface area contributed by atoms with Crippen molar-refractivity contribution in [2.24, 2.45) is 0 Å². The average molecular weight is 333 g/mol. The topological polar surface area (TPSA) is 90.4 Å². The largest absolute Gasteiger partial charge is 0.497 e. The van der Waals surface area contributed by atoms with Crippen molar-refractivity contribution in [3.63, 3.8) is 0 Å². The Morgan fingerprint density at radius 2 is 1.52 bits per heavy atom. The molecule has 3 aromatic carbocycles. The Bertz CT molecular complexity index is 888. The monoisotopic (exact) mass is 333 g/mol. The normalized spacial score (nSPS) is 10.3. The zero-order valence-electron chi connectivity index (χ0n) is 13.8. The van der Waals surface area contributed by atoms with Gasteiger partial charge in [-0.05, 0) is 54.1 Å². The van der Waals surface area contributed by atoms with Crippen LogP contribution in [-0.4, -0.2) is 13.0 Å². The lowest BCUT2D eigenvalue weighted by Crippen LogP contribution is -2.12. The Kier molecular flexibility index (Phi) is 4.57. The molecule has 0 aliphatic carbocycles. The highest BCUT2D eigenvalue weighted by Crippen LogP contribution is 2.31. The van der Waals surface area contributed by atoms with Crippen LogP contribution >= 0.6 is 0 Å². The number of hydrogen-bond acceptors (Lipinski definition) is 4. The van der Waals surface area contributed by atoms with Crippen molar-refractivity contribution < 1.29 is 9.53 Å². The zero-order chi connectivity index (χ0) is 17.8. The molecule has 0 spiro atoms. The molecule has 0 atom stereocenters. The van der Waals surface area contributed by atoms with Crippen LogP contribution in [0.15, 0.2) is 66.7 Å². The smallest absolute Gasteiger partial charge is 0.255 e. The molecule has 25 heavy (non-hydrogen) atoms. The molecule has 3 rings (SSSR count). The number of anilines is 3. The van der Waals surface area contributed by atoms with E-state index in [1.165, 1.54) is 0 Å². The van der Waals surface area contributed by atoms with Gasteiger partial charge in [-0.2, -0.15) is 0 Å². The first-order valence-electron chi connectivity index (χ1n) is 7.77. The Balaban J connectivity index is 1.91. The van der Waals surface area contributed by atoms with Crippen molar-refractivity contribution in [3.05, 3.63) is 72.3 Å². The molecule has 0 aliphatic rings. The third kappa shape index (κ3) is 3.72. The highest BCUT2D eigenvalue weighted by Gasteiger charge is 2.11. The molecule has 3 aromatic rings. The summed E-state index contributed by atoms with van der Waals surface area (Å²) in [6, 6.07) is 19.8. The van der Waals surface area contributed by atoms with Crippen LogP contribution in [-0.2, 0) is 0 Å². The number of amides is 1. The number of carbonyl (C=O) groups is 1. The molecule has 0 bridgehead atoms. The summed E-state index contributed by atoms with van der Waals surface area (Å²) in [6.45, 7) is 0. The van der Waals surface area contributed by atoms with E-state index in [0.29, 0.717) is 28.4 Å². The van der Waals surface area contributed by atoms with Gasteiger partial charge in [0.25, 0.3) is 5.91 Å². The van der Waals surface area contributed by atoms with Gasteiger partial charge in [-0.1, -0.05) is 18.2 Å². The van der Waals surface area contributed by atoms with Gasteiger partial charge in [0, 0.05) is 22.5 Å². The second kappa shape index (κ2) is 6.97. The van der Waals surface area contributed by atoms with Gasteiger partial charge in [0.05, 0.1) is 12.8 Å². The third-order valence-electron chi connectivity index (χ3n) is 3.87. The molecule has 5 heteroatoms. The van der Waals surface area contributed by atoms with E-state index in [9.17, 15) is 4.79 Å². The van der Waals surface area contributed by atoms with Crippen molar-refractivity contribution >= 4 is 23.0 Å². The van der Waals surface area contributed by atoms with Crippen molar-refractivity contribution in [1.82, 2.24) is 0 Å². The third-order valence-corrected chi connectivity index (χ3v) is 3.87. The summed E-state index contributed by atoms with van der Waals surface area (Å²) in [4.78, 5) is 12.5. The number of nitrogens with one attached hydrogen (secondary N) is 1. The first kappa shape index (κ1) is 16.4. The van der Waals surface area contributed by atoms with E-state index in [1.807, 2.05) is 30.3 Å².